The molecule has 0 heterocycles. The van der Waals surface area contributed by atoms with Crippen molar-refractivity contribution in [3.63, 3.8) is 0 Å². The third-order valence-corrected chi connectivity index (χ3v) is 11.7. The average Bonchev–Trinajstić information content (AvgIpc) is 3.08. The molecule has 0 aliphatic heterocycles. The van der Waals surface area contributed by atoms with Crippen LogP contribution >= 0.6 is 0 Å². The molecule has 0 amide bonds. The summed E-state index contributed by atoms with van der Waals surface area (Å²) in [4.78, 5) is 13.1. The Hall–Kier alpha value is -2.49. The van der Waals surface area contributed by atoms with Gasteiger partial charge in [-0.05, 0) is 76.8 Å². The highest BCUT2D eigenvalue weighted by atomic mass is 16.5. The zero-order chi connectivity index (χ0) is 37.3. The topological polar surface area (TPSA) is 66.8 Å². The Labute approximate surface area is 313 Å². The molecular formula is C47H76O4. The molecule has 3 rings (SSSR count). The molecule has 0 saturated heterocycles. The van der Waals surface area contributed by atoms with Gasteiger partial charge in [-0.15, -0.1) is 0 Å². The Kier molecular flexibility index (Phi) is 17.9. The molecule has 0 aromatic heterocycles. The minimum Gasteiger partial charge on any atom is -0.508 e. The number of hydrogen-bond acceptors (Lipinski definition) is 4. The van der Waals surface area contributed by atoms with Crippen LogP contribution in [0.5, 0.6) is 11.5 Å². The van der Waals surface area contributed by atoms with Gasteiger partial charge in [0, 0.05) is 11.8 Å². The summed E-state index contributed by atoms with van der Waals surface area (Å²) >= 11 is 0. The first-order valence-electron chi connectivity index (χ1n) is 21.1. The van der Waals surface area contributed by atoms with Crippen molar-refractivity contribution in [2.75, 3.05) is 6.61 Å². The summed E-state index contributed by atoms with van der Waals surface area (Å²) in [6.07, 6.45) is 26.7. The quantitative estimate of drug-likeness (QED) is 0.0946. The van der Waals surface area contributed by atoms with Gasteiger partial charge in [-0.3, -0.25) is 4.79 Å². The minimum absolute atomic E-state index is 0.0855. The van der Waals surface area contributed by atoms with Crippen molar-refractivity contribution in [1.82, 2.24) is 0 Å². The van der Waals surface area contributed by atoms with Gasteiger partial charge in [0.05, 0.1) is 6.61 Å². The first-order valence-corrected chi connectivity index (χ1v) is 21.1. The van der Waals surface area contributed by atoms with E-state index in [0.717, 1.165) is 56.1 Å². The first kappa shape index (κ1) is 42.9. The molecule has 2 N–H and O–H groups in total. The fraction of sp³-hybridized carbons (Fsp3) is 0.723. The van der Waals surface area contributed by atoms with Gasteiger partial charge in [-0.2, -0.15) is 0 Å². The summed E-state index contributed by atoms with van der Waals surface area (Å²) in [6, 6.07) is 12.4. The summed E-state index contributed by atoms with van der Waals surface area (Å²) in [5, 5.41) is 21.8. The van der Waals surface area contributed by atoms with Crippen LogP contribution in [-0.4, -0.2) is 22.8 Å². The molecule has 0 radical (unpaired) electrons. The summed E-state index contributed by atoms with van der Waals surface area (Å²) < 4.78 is 5.79. The number of rotatable bonds is 22. The lowest BCUT2D eigenvalue weighted by Crippen LogP contribution is -2.40. The fourth-order valence-electron chi connectivity index (χ4n) is 8.59. The van der Waals surface area contributed by atoms with Crippen LogP contribution in [0.1, 0.15) is 212 Å². The highest BCUT2D eigenvalue weighted by molar-refractivity contribution is 5.69. The number of phenols is 2. The number of carbonyl (C=O) groups excluding carboxylic acids is 1. The number of aromatic hydroxyl groups is 2. The molecule has 51 heavy (non-hydrogen) atoms. The van der Waals surface area contributed by atoms with Crippen molar-refractivity contribution in [1.29, 1.82) is 0 Å². The molecule has 1 saturated carbocycles. The van der Waals surface area contributed by atoms with E-state index in [1.165, 1.54) is 101 Å². The molecule has 0 spiro atoms. The van der Waals surface area contributed by atoms with Crippen molar-refractivity contribution in [2.45, 2.75) is 206 Å². The zero-order valence-electron chi connectivity index (χ0n) is 34.0. The second kappa shape index (κ2) is 21.3. The van der Waals surface area contributed by atoms with Crippen molar-refractivity contribution >= 4 is 5.97 Å². The molecule has 1 fully saturated rings. The van der Waals surface area contributed by atoms with Crippen LogP contribution in [0.3, 0.4) is 0 Å². The van der Waals surface area contributed by atoms with Gasteiger partial charge in [0.2, 0.25) is 0 Å². The molecule has 4 nitrogen and oxygen atoms in total. The van der Waals surface area contributed by atoms with Gasteiger partial charge in [-0.1, -0.05) is 182 Å². The van der Waals surface area contributed by atoms with Crippen LogP contribution in [0, 0.1) is 5.92 Å². The largest absolute Gasteiger partial charge is 0.508 e. The van der Waals surface area contributed by atoms with E-state index in [9.17, 15) is 15.0 Å². The normalized spacial score (nSPS) is 16.3. The van der Waals surface area contributed by atoms with Gasteiger partial charge < -0.3 is 14.9 Å². The standard InChI is InChI=1S/C47H76O4/c1-8-9-10-11-12-13-14-15-16-17-18-19-20-21-22-25-34-51-44(50)32-29-37-26-23-24-33-47(37,38-27-30-42(48)40(35-38)45(2,3)4)39-28-31-43(49)41(36-39)46(5,6)7/h27-28,30-31,35-37,48-49H,8-26,29,32-34H2,1-7H3. The van der Waals surface area contributed by atoms with Crippen LogP contribution < -0.4 is 0 Å². The number of hydrogen-bond donors (Lipinski definition) is 2. The van der Waals surface area contributed by atoms with Crippen LogP contribution in [0.25, 0.3) is 0 Å². The molecular weight excluding hydrogens is 629 g/mol. The molecule has 288 valence electrons. The number of carbonyl (C=O) groups is 1. The highest BCUT2D eigenvalue weighted by Gasteiger charge is 2.44. The predicted molar refractivity (Wildman–Crippen MR) is 216 cm³/mol. The van der Waals surface area contributed by atoms with Gasteiger partial charge in [0.15, 0.2) is 0 Å². The Morgan fingerprint density at radius 1 is 0.667 bits per heavy atom. The van der Waals surface area contributed by atoms with Crippen LogP contribution in [0.4, 0.5) is 0 Å². The Morgan fingerprint density at radius 2 is 1.10 bits per heavy atom. The smallest absolute Gasteiger partial charge is 0.305 e. The van der Waals surface area contributed by atoms with Crippen molar-refractivity contribution in [2.24, 2.45) is 5.92 Å². The summed E-state index contributed by atoms with van der Waals surface area (Å²) in [6.45, 7) is 15.7. The second-order valence-electron chi connectivity index (χ2n) is 17.9. The number of phenolic OH excluding ortho intramolecular Hbond substituents is 2. The molecule has 2 aromatic carbocycles. The third-order valence-electron chi connectivity index (χ3n) is 11.7. The maximum atomic E-state index is 13.1. The second-order valence-corrected chi connectivity index (χ2v) is 17.9. The highest BCUT2D eigenvalue weighted by Crippen LogP contribution is 2.52. The number of esters is 1. The van der Waals surface area contributed by atoms with E-state index in [4.69, 9.17) is 4.74 Å². The van der Waals surface area contributed by atoms with E-state index in [1.54, 1.807) is 0 Å². The first-order chi connectivity index (χ1) is 24.3. The summed E-state index contributed by atoms with van der Waals surface area (Å²) in [5.74, 6) is 0.807. The van der Waals surface area contributed by atoms with Gasteiger partial charge in [-0.25, -0.2) is 0 Å². The lowest BCUT2D eigenvalue weighted by atomic mass is 9.57. The van der Waals surface area contributed by atoms with E-state index in [2.05, 4.69) is 72.7 Å². The van der Waals surface area contributed by atoms with E-state index in [-0.39, 0.29) is 28.1 Å². The van der Waals surface area contributed by atoms with E-state index < -0.39 is 0 Å². The van der Waals surface area contributed by atoms with E-state index >= 15 is 0 Å². The molecule has 1 atom stereocenters. The predicted octanol–water partition coefficient (Wildman–Crippen LogP) is 13.8. The lowest BCUT2D eigenvalue weighted by Gasteiger charge is -2.46. The fourth-order valence-corrected chi connectivity index (χ4v) is 8.59. The average molecular weight is 705 g/mol. The molecule has 2 aromatic rings. The van der Waals surface area contributed by atoms with Gasteiger partial charge in [0.1, 0.15) is 11.5 Å². The number of ether oxygens (including phenoxy) is 1. The number of benzene rings is 2. The van der Waals surface area contributed by atoms with Crippen LogP contribution in [0.15, 0.2) is 36.4 Å². The van der Waals surface area contributed by atoms with Crippen molar-refractivity contribution in [3.8, 4) is 11.5 Å². The Bertz CT molecular complexity index is 1230. The van der Waals surface area contributed by atoms with Crippen LogP contribution in [-0.2, 0) is 25.8 Å². The van der Waals surface area contributed by atoms with E-state index in [0.29, 0.717) is 24.5 Å². The summed E-state index contributed by atoms with van der Waals surface area (Å²) in [5.41, 5.74) is 3.52. The van der Waals surface area contributed by atoms with E-state index in [1.807, 2.05) is 12.1 Å². The maximum absolute atomic E-state index is 13.1. The van der Waals surface area contributed by atoms with Gasteiger partial charge >= 0.3 is 5.97 Å². The van der Waals surface area contributed by atoms with Crippen molar-refractivity contribution < 1.29 is 19.7 Å². The van der Waals surface area contributed by atoms with Crippen molar-refractivity contribution in [3.05, 3.63) is 58.7 Å². The lowest BCUT2D eigenvalue weighted by molar-refractivity contribution is -0.144. The monoisotopic (exact) mass is 705 g/mol. The molecule has 4 heteroatoms. The summed E-state index contributed by atoms with van der Waals surface area (Å²) in [7, 11) is 0. The zero-order valence-corrected chi connectivity index (χ0v) is 34.0. The molecule has 1 unspecified atom stereocenters. The minimum atomic E-state index is -0.326. The number of unbranched alkanes of at least 4 members (excludes halogenated alkanes) is 15. The van der Waals surface area contributed by atoms with Gasteiger partial charge in [0.25, 0.3) is 0 Å². The molecule has 1 aliphatic carbocycles. The Balaban J connectivity index is 1.52. The Morgan fingerprint density at radius 3 is 1.53 bits per heavy atom. The SMILES string of the molecule is CCCCCCCCCCCCCCCCCCOC(=O)CCC1CCCCC1(c1ccc(O)c(C(C)(C)C)c1)c1ccc(O)c(C(C)(C)C)c1. The molecule has 1 aliphatic rings. The van der Waals surface area contributed by atoms with Crippen LogP contribution in [0.2, 0.25) is 0 Å². The maximum Gasteiger partial charge on any atom is 0.305 e. The molecule has 0 bridgehead atoms. The third kappa shape index (κ3) is 13.5.